The summed E-state index contributed by atoms with van der Waals surface area (Å²) < 4.78 is 43.8. The fourth-order valence-electron chi connectivity index (χ4n) is 1.10. The van der Waals surface area contributed by atoms with Crippen LogP contribution in [0.2, 0.25) is 10.3 Å². The standard InChI is InChI=1S/C5H2BrCl2NO2S.C5H4BrClN2O2S/c2*6-4-1-3(12(8,10)11)2-9-5(4)7/h1-2H;1-2H,(H2,8,10,11). The Kier molecular flexibility index (Phi) is 7.88. The summed E-state index contributed by atoms with van der Waals surface area (Å²) in [6.45, 7) is 0. The lowest BCUT2D eigenvalue weighted by Gasteiger charge is -1.98. The number of pyridine rings is 2. The van der Waals surface area contributed by atoms with Crippen LogP contribution in [-0.4, -0.2) is 26.8 Å². The highest BCUT2D eigenvalue weighted by Gasteiger charge is 2.12. The molecule has 0 aromatic carbocycles. The molecule has 0 bridgehead atoms. The molecule has 0 fully saturated rings. The molecule has 14 heteroatoms. The van der Waals surface area contributed by atoms with Gasteiger partial charge in [0.15, 0.2) is 0 Å². The fourth-order valence-corrected chi connectivity index (χ4v) is 3.48. The summed E-state index contributed by atoms with van der Waals surface area (Å²) in [7, 11) is -2.36. The van der Waals surface area contributed by atoms with Crippen molar-refractivity contribution >= 4 is 84.8 Å². The molecule has 7 nitrogen and oxygen atoms in total. The zero-order valence-electron chi connectivity index (χ0n) is 11.1. The lowest BCUT2D eigenvalue weighted by Crippen LogP contribution is -2.12. The lowest BCUT2D eigenvalue weighted by molar-refractivity contribution is 0.597. The number of primary sulfonamides is 1. The smallest absolute Gasteiger partial charge is 0.242 e. The van der Waals surface area contributed by atoms with Crippen LogP contribution in [-0.2, 0) is 19.1 Å². The Labute approximate surface area is 169 Å². The van der Waals surface area contributed by atoms with Crippen molar-refractivity contribution in [3.8, 4) is 0 Å². The van der Waals surface area contributed by atoms with Crippen LogP contribution >= 0.6 is 65.7 Å². The highest BCUT2D eigenvalue weighted by Crippen LogP contribution is 2.24. The van der Waals surface area contributed by atoms with Gasteiger partial charge in [-0.05, 0) is 44.0 Å². The van der Waals surface area contributed by atoms with Crippen LogP contribution in [0.5, 0.6) is 0 Å². The Morgan fingerprint density at radius 2 is 1.25 bits per heavy atom. The number of sulfonamides is 1. The number of halogens is 5. The number of aromatic nitrogens is 2. The minimum absolute atomic E-state index is 0.0706. The Morgan fingerprint density at radius 3 is 1.58 bits per heavy atom. The monoisotopic (exact) mass is 559 g/mol. The lowest BCUT2D eigenvalue weighted by atomic mass is 10.5. The molecule has 0 radical (unpaired) electrons. The van der Waals surface area contributed by atoms with Crippen LogP contribution in [0.1, 0.15) is 0 Å². The summed E-state index contributed by atoms with van der Waals surface area (Å²) in [5, 5.41) is 5.23. The van der Waals surface area contributed by atoms with E-state index in [2.05, 4.69) is 41.8 Å². The topological polar surface area (TPSA) is 120 Å². The molecule has 2 aromatic rings. The molecule has 0 atom stereocenters. The van der Waals surface area contributed by atoms with Gasteiger partial charge < -0.3 is 0 Å². The summed E-state index contributed by atoms with van der Waals surface area (Å²) >= 11 is 17.1. The maximum absolute atomic E-state index is 10.8. The molecule has 2 N–H and O–H groups in total. The second-order valence-electron chi connectivity index (χ2n) is 3.87. The summed E-state index contributed by atoms with van der Waals surface area (Å²) in [5.74, 6) is 0. The van der Waals surface area contributed by atoms with Gasteiger partial charge >= 0.3 is 0 Å². The van der Waals surface area contributed by atoms with E-state index in [-0.39, 0.29) is 20.1 Å². The van der Waals surface area contributed by atoms with Gasteiger partial charge in [-0.3, -0.25) is 0 Å². The second-order valence-corrected chi connectivity index (χ2v) is 10.4. The number of rotatable bonds is 2. The van der Waals surface area contributed by atoms with Crippen molar-refractivity contribution in [3.05, 3.63) is 43.8 Å². The van der Waals surface area contributed by atoms with Crippen LogP contribution in [0, 0.1) is 0 Å². The Morgan fingerprint density at radius 1 is 0.875 bits per heavy atom. The van der Waals surface area contributed by atoms with E-state index in [9.17, 15) is 16.8 Å². The molecule has 0 saturated carbocycles. The predicted octanol–water partition coefficient (Wildman–Crippen LogP) is 3.57. The quantitative estimate of drug-likeness (QED) is 0.442. The van der Waals surface area contributed by atoms with Gasteiger partial charge in [0.1, 0.15) is 20.1 Å². The molecular formula is C10H6Br2Cl3N3O4S2. The maximum atomic E-state index is 10.8. The molecule has 0 spiro atoms. The Bertz CT molecular complexity index is 892. The van der Waals surface area contributed by atoms with Crippen molar-refractivity contribution < 1.29 is 16.8 Å². The van der Waals surface area contributed by atoms with E-state index in [0.29, 0.717) is 8.95 Å². The predicted molar refractivity (Wildman–Crippen MR) is 98.3 cm³/mol. The van der Waals surface area contributed by atoms with Crippen LogP contribution < -0.4 is 5.14 Å². The molecule has 0 amide bonds. The normalized spacial score (nSPS) is 11.6. The molecule has 2 heterocycles. The summed E-state index contributed by atoms with van der Waals surface area (Å²) in [6.07, 6.45) is 2.19. The van der Waals surface area contributed by atoms with E-state index in [4.69, 9.17) is 39.0 Å². The maximum Gasteiger partial charge on any atom is 0.262 e. The third-order valence-corrected chi connectivity index (χ3v) is 6.62. The second kappa shape index (κ2) is 8.58. The van der Waals surface area contributed by atoms with Crippen LogP contribution in [0.25, 0.3) is 0 Å². The Balaban J connectivity index is 0.000000240. The summed E-state index contributed by atoms with van der Waals surface area (Å²) in [4.78, 5) is 7.05. The Hall–Kier alpha value is -0.0100. The minimum atomic E-state index is -3.72. The van der Waals surface area contributed by atoms with E-state index >= 15 is 0 Å². The van der Waals surface area contributed by atoms with Crippen molar-refractivity contribution in [2.45, 2.75) is 9.79 Å². The van der Waals surface area contributed by atoms with Crippen molar-refractivity contribution in [2.75, 3.05) is 0 Å². The molecule has 2 rings (SSSR count). The third-order valence-electron chi connectivity index (χ3n) is 2.15. The van der Waals surface area contributed by atoms with Crippen molar-refractivity contribution in [2.24, 2.45) is 5.14 Å². The molecule has 0 aliphatic carbocycles. The first-order valence-corrected chi connectivity index (χ1v) is 11.6. The number of nitrogens with zero attached hydrogens (tertiary/aromatic N) is 2. The van der Waals surface area contributed by atoms with Crippen LogP contribution in [0.3, 0.4) is 0 Å². The number of hydrogen-bond acceptors (Lipinski definition) is 6. The van der Waals surface area contributed by atoms with Gasteiger partial charge in [0.05, 0.1) is 8.95 Å². The number of hydrogen-bond donors (Lipinski definition) is 1. The SMILES string of the molecule is NS(=O)(=O)c1cnc(Cl)c(Br)c1.O=S(=O)(Cl)c1cnc(Cl)c(Br)c1. The molecule has 0 aliphatic heterocycles. The molecule has 24 heavy (non-hydrogen) atoms. The molecule has 0 saturated heterocycles. The van der Waals surface area contributed by atoms with Gasteiger partial charge in [0.2, 0.25) is 10.0 Å². The third kappa shape index (κ3) is 6.71. The summed E-state index contributed by atoms with van der Waals surface area (Å²) in [6, 6.07) is 2.59. The molecule has 132 valence electrons. The largest absolute Gasteiger partial charge is 0.262 e. The molecule has 0 unspecified atom stereocenters. The van der Waals surface area contributed by atoms with Crippen molar-refractivity contribution in [1.29, 1.82) is 0 Å². The van der Waals surface area contributed by atoms with Crippen LogP contribution in [0.15, 0.2) is 43.3 Å². The molecule has 2 aromatic heterocycles. The molecular weight excluding hydrogens is 556 g/mol. The van der Waals surface area contributed by atoms with Gasteiger partial charge in [-0.1, -0.05) is 23.2 Å². The zero-order chi connectivity index (χ0) is 18.7. The summed E-state index contributed by atoms with van der Waals surface area (Å²) in [5.41, 5.74) is 0. The fraction of sp³-hybridized carbons (Fsp3) is 0. The van der Waals surface area contributed by atoms with Crippen LogP contribution in [0.4, 0.5) is 0 Å². The zero-order valence-corrected chi connectivity index (χ0v) is 18.2. The van der Waals surface area contributed by atoms with Crippen molar-refractivity contribution in [3.63, 3.8) is 0 Å². The van der Waals surface area contributed by atoms with Gasteiger partial charge in [0, 0.05) is 23.1 Å². The van der Waals surface area contributed by atoms with Gasteiger partial charge in [0.25, 0.3) is 9.05 Å². The highest BCUT2D eigenvalue weighted by molar-refractivity contribution is 9.10. The van der Waals surface area contributed by atoms with Crippen molar-refractivity contribution in [1.82, 2.24) is 9.97 Å². The van der Waals surface area contributed by atoms with E-state index in [1.54, 1.807) is 0 Å². The van der Waals surface area contributed by atoms with E-state index in [0.717, 1.165) is 12.4 Å². The first kappa shape index (κ1) is 22.0. The average Bonchev–Trinajstić information content (AvgIpc) is 2.43. The minimum Gasteiger partial charge on any atom is -0.242 e. The molecule has 0 aliphatic rings. The van der Waals surface area contributed by atoms with E-state index < -0.39 is 19.1 Å². The van der Waals surface area contributed by atoms with Gasteiger partial charge in [-0.25, -0.2) is 31.9 Å². The highest BCUT2D eigenvalue weighted by atomic mass is 79.9. The van der Waals surface area contributed by atoms with Gasteiger partial charge in [-0.15, -0.1) is 0 Å². The first-order chi connectivity index (χ1) is 10.8. The first-order valence-electron chi connectivity index (χ1n) is 5.42. The average molecular weight is 562 g/mol. The van der Waals surface area contributed by atoms with E-state index in [1.807, 2.05) is 0 Å². The van der Waals surface area contributed by atoms with E-state index in [1.165, 1.54) is 12.1 Å². The number of nitrogens with two attached hydrogens (primary N) is 1. The van der Waals surface area contributed by atoms with Gasteiger partial charge in [-0.2, -0.15) is 0 Å².